The summed E-state index contributed by atoms with van der Waals surface area (Å²) in [6.45, 7) is -2.75. The summed E-state index contributed by atoms with van der Waals surface area (Å²) >= 11 is -1.19. The van der Waals surface area contributed by atoms with Gasteiger partial charge in [-0.2, -0.15) is 0 Å². The molecule has 0 amide bonds. The van der Waals surface area contributed by atoms with Gasteiger partial charge in [-0.3, -0.25) is 0 Å². The Morgan fingerprint density at radius 1 is 0.872 bits per heavy atom. The maximum atomic E-state index is 11.0. The number of nitriles is 2. The molecule has 19 heteroatoms. The average molecular weight is 628 g/mol. The van der Waals surface area contributed by atoms with Crippen LogP contribution in [0.4, 0.5) is 0 Å². The van der Waals surface area contributed by atoms with Crippen molar-refractivity contribution in [2.45, 2.75) is 87.7 Å². The molecular formula is C20H31N5O13Se. The van der Waals surface area contributed by atoms with Gasteiger partial charge in [0.2, 0.25) is 0 Å². The van der Waals surface area contributed by atoms with Crippen molar-refractivity contribution in [2.24, 2.45) is 17.2 Å². The second kappa shape index (κ2) is 10.6. The van der Waals surface area contributed by atoms with Crippen LogP contribution in [-0.4, -0.2) is 163 Å². The second-order valence-corrected chi connectivity index (χ2v) is 12.8. The van der Waals surface area contributed by atoms with Crippen molar-refractivity contribution < 1.29 is 64.5 Å². The predicted molar refractivity (Wildman–Crippen MR) is 120 cm³/mol. The molecule has 15 atom stereocenters. The first-order valence-electron chi connectivity index (χ1n) is 11.7. The fourth-order valence-electron chi connectivity index (χ4n) is 4.95. The van der Waals surface area contributed by atoms with Gasteiger partial charge in [-0.1, -0.05) is 0 Å². The van der Waals surface area contributed by atoms with Gasteiger partial charge in [-0.15, -0.1) is 0 Å². The molecule has 4 aliphatic rings. The molecule has 4 aliphatic heterocycles. The quantitative estimate of drug-likeness (QED) is 0.0920. The van der Waals surface area contributed by atoms with Gasteiger partial charge in [0.1, 0.15) is 0 Å². The van der Waals surface area contributed by atoms with Gasteiger partial charge >= 0.3 is 222 Å². The first-order valence-corrected chi connectivity index (χ1v) is 13.4. The molecule has 14 N–H and O–H groups in total. The van der Waals surface area contributed by atoms with Crippen molar-refractivity contribution in [1.29, 1.82) is 10.5 Å². The molecule has 0 radical (unpaired) electrons. The zero-order chi connectivity index (χ0) is 29.1. The summed E-state index contributed by atoms with van der Waals surface area (Å²) in [6.07, 6.45) is -13.8. The van der Waals surface area contributed by atoms with Crippen LogP contribution in [0.25, 0.3) is 0 Å². The third-order valence-corrected chi connectivity index (χ3v) is 10.7. The molecule has 4 heterocycles. The number of fused-ring (bicyclic) bond motifs is 1. The van der Waals surface area contributed by atoms with Crippen molar-refractivity contribution in [1.82, 2.24) is 0 Å². The summed E-state index contributed by atoms with van der Waals surface area (Å²) in [7, 11) is 0. The molecular weight excluding hydrogens is 597 g/mol. The van der Waals surface area contributed by atoms with Crippen LogP contribution in [0, 0.1) is 22.7 Å². The number of hydrogen-bond acceptors (Lipinski definition) is 18. The van der Waals surface area contributed by atoms with Crippen LogP contribution >= 0.6 is 0 Å². The molecule has 0 aromatic heterocycles. The molecule has 4 fully saturated rings. The van der Waals surface area contributed by atoms with Crippen molar-refractivity contribution in [3.05, 3.63) is 0 Å². The fraction of sp³-hybridized carbons (Fsp3) is 0.900. The van der Waals surface area contributed by atoms with Crippen LogP contribution in [0.1, 0.15) is 0 Å². The molecule has 18 nitrogen and oxygen atoms in total. The Labute approximate surface area is 227 Å². The van der Waals surface area contributed by atoms with Crippen molar-refractivity contribution in [3.8, 4) is 12.1 Å². The van der Waals surface area contributed by atoms with E-state index in [1.54, 1.807) is 0 Å². The van der Waals surface area contributed by atoms with Gasteiger partial charge in [-0.25, -0.2) is 0 Å². The van der Waals surface area contributed by atoms with Crippen molar-refractivity contribution >= 4 is 15.0 Å². The Balaban J connectivity index is 1.55. The number of hydrogen-bond donors (Lipinski definition) is 11. The molecule has 0 aromatic rings. The van der Waals surface area contributed by atoms with E-state index in [0.717, 1.165) is 0 Å². The Morgan fingerprint density at radius 3 is 1.97 bits per heavy atom. The van der Waals surface area contributed by atoms with Crippen LogP contribution in [0.3, 0.4) is 0 Å². The molecule has 2 unspecified atom stereocenters. The van der Waals surface area contributed by atoms with Gasteiger partial charge in [-0.05, 0) is 0 Å². The Morgan fingerprint density at radius 2 is 1.44 bits per heavy atom. The average Bonchev–Trinajstić information content (AvgIpc) is 3.53. The molecule has 0 aromatic carbocycles. The van der Waals surface area contributed by atoms with E-state index in [1.807, 2.05) is 0 Å². The zero-order valence-electron chi connectivity index (χ0n) is 20.1. The van der Waals surface area contributed by atoms with E-state index in [-0.39, 0.29) is 0 Å². The topological polar surface area (TPSA) is 334 Å². The van der Waals surface area contributed by atoms with Crippen molar-refractivity contribution in [3.63, 3.8) is 0 Å². The number of ether oxygens (including phenoxy) is 5. The minimum absolute atomic E-state index is 0.700. The van der Waals surface area contributed by atoms with Crippen LogP contribution in [0.5, 0.6) is 0 Å². The second-order valence-electron chi connectivity index (χ2n) is 9.72. The van der Waals surface area contributed by atoms with E-state index in [2.05, 4.69) is 0 Å². The fourth-order valence-corrected chi connectivity index (χ4v) is 7.55. The molecule has 0 saturated carbocycles. The van der Waals surface area contributed by atoms with E-state index < -0.39 is 122 Å². The van der Waals surface area contributed by atoms with Gasteiger partial charge < -0.3 is 5.11 Å². The number of nitrogens with two attached hydrogens (primary N) is 3. The van der Waals surface area contributed by atoms with E-state index in [0.29, 0.717) is 0 Å². The van der Waals surface area contributed by atoms with Gasteiger partial charge in [0.15, 0.2) is 0 Å². The predicted octanol–water partition coefficient (Wildman–Crippen LogP) is -8.51. The van der Waals surface area contributed by atoms with E-state index >= 15 is 0 Å². The number of aliphatic hydroxyl groups excluding tert-OH is 6. The molecule has 4 rings (SSSR count). The van der Waals surface area contributed by atoms with Crippen LogP contribution < -0.4 is 17.2 Å². The SMILES string of the molecule is N#C[C@@]1(O)[C@@]2(O)[Se][C@]2(N)[C@@H](OC2[C@@H](CO)O[C@@H](OC3[C@@H](CO)O[C@@H](O)[C@H](N)[C@H]3O)[C@H](N)[C@H]2O)O[C@]1(C#N)CO. The number of rotatable bonds is 7. The standard InChI is InChI=1S/C20H31N5O13Se/c21-3-17(5-28)18(32,4-22)20(33)19(25,39-20)16(38-17)37-13-7(2-27)35-15(9(24)11(13)30)36-12-6(1-26)34-14(31)8(23)10(12)29/h6-16,26-33H,1-2,5,23-25H2/t6-,7-,8-,9-,10-,11-,12?,13?,14-,15+,16+,17-,18+,19-,20-/m1/s1. The molecule has 4 saturated heterocycles. The summed E-state index contributed by atoms with van der Waals surface area (Å²) in [5.74, 6) is 0. The third kappa shape index (κ3) is 4.32. The normalized spacial score (nSPS) is 55.3. The first kappa shape index (κ1) is 30.8. The zero-order valence-corrected chi connectivity index (χ0v) is 21.8. The maximum absolute atomic E-state index is 11.0. The van der Waals surface area contributed by atoms with Crippen LogP contribution in [0.15, 0.2) is 0 Å². The monoisotopic (exact) mass is 629 g/mol. The van der Waals surface area contributed by atoms with Crippen LogP contribution in [0.2, 0.25) is 0 Å². The summed E-state index contributed by atoms with van der Waals surface area (Å²) in [4.78, 5) is 0. The molecule has 0 aliphatic carbocycles. The van der Waals surface area contributed by atoms with E-state index in [1.165, 1.54) is 12.1 Å². The summed E-state index contributed by atoms with van der Waals surface area (Å²) in [5.41, 5.74) is 12.4. The van der Waals surface area contributed by atoms with Gasteiger partial charge in [0.25, 0.3) is 0 Å². The number of aliphatic hydroxyl groups is 8. The van der Waals surface area contributed by atoms with E-state index in [4.69, 9.17) is 40.9 Å². The molecule has 220 valence electrons. The van der Waals surface area contributed by atoms with E-state index in [9.17, 15) is 51.4 Å². The van der Waals surface area contributed by atoms with Gasteiger partial charge in [0, 0.05) is 0 Å². The molecule has 39 heavy (non-hydrogen) atoms. The molecule has 0 spiro atoms. The third-order valence-electron chi connectivity index (χ3n) is 7.50. The summed E-state index contributed by atoms with van der Waals surface area (Å²) < 4.78 is 23.4. The van der Waals surface area contributed by atoms with Crippen LogP contribution in [-0.2, 0) is 23.7 Å². The molecule has 0 bridgehead atoms. The first-order chi connectivity index (χ1) is 18.2. The Hall–Kier alpha value is -1.14. The summed E-state index contributed by atoms with van der Waals surface area (Å²) in [6, 6.07) is 0.118. The Bertz CT molecular complexity index is 1020. The van der Waals surface area contributed by atoms with Crippen molar-refractivity contribution in [2.75, 3.05) is 19.8 Å². The Kier molecular flexibility index (Phi) is 8.38. The summed E-state index contributed by atoms with van der Waals surface area (Å²) in [5, 5.41) is 102. The minimum atomic E-state index is -2.92. The van der Waals surface area contributed by atoms with Gasteiger partial charge in [0.05, 0.1) is 0 Å². The number of nitrogens with zero attached hydrogens (tertiary/aromatic N) is 2.